The van der Waals surface area contributed by atoms with Crippen molar-refractivity contribution in [3.63, 3.8) is 0 Å². The van der Waals surface area contributed by atoms with E-state index in [9.17, 15) is 8.42 Å². The van der Waals surface area contributed by atoms with Crippen molar-refractivity contribution < 1.29 is 13.2 Å². The summed E-state index contributed by atoms with van der Waals surface area (Å²) in [6.07, 6.45) is 5.16. The minimum Gasteiger partial charge on any atom is -0.497 e. The number of sulfonamides is 1. The molecule has 0 saturated carbocycles. The van der Waals surface area contributed by atoms with Crippen molar-refractivity contribution >= 4 is 15.8 Å². The van der Waals surface area contributed by atoms with Crippen LogP contribution < -0.4 is 9.04 Å². The third-order valence-electron chi connectivity index (χ3n) is 3.76. The zero-order valence-corrected chi connectivity index (χ0v) is 14.7. The summed E-state index contributed by atoms with van der Waals surface area (Å²) < 4.78 is 33.4. The Balaban J connectivity index is 1.81. The normalized spacial score (nSPS) is 11.3. The van der Waals surface area contributed by atoms with Crippen LogP contribution in [0.5, 0.6) is 5.75 Å². The largest absolute Gasteiger partial charge is 0.497 e. The predicted octanol–water partition coefficient (Wildman–Crippen LogP) is 2.16. The molecule has 8 heteroatoms. The van der Waals surface area contributed by atoms with Crippen LogP contribution in [-0.2, 0) is 16.6 Å². The average Bonchev–Trinajstić information content (AvgIpc) is 3.10. The summed E-state index contributed by atoms with van der Waals surface area (Å²) in [6.45, 7) is 0.541. The van der Waals surface area contributed by atoms with Gasteiger partial charge in [0.15, 0.2) is 5.82 Å². The molecule has 130 valence electrons. The first kappa shape index (κ1) is 17.0. The maximum Gasteiger partial charge on any atom is 0.265 e. The van der Waals surface area contributed by atoms with Gasteiger partial charge in [-0.1, -0.05) is 0 Å². The molecule has 0 aliphatic rings. The highest BCUT2D eigenvalue weighted by Crippen LogP contribution is 2.22. The molecule has 2 aromatic heterocycles. The van der Waals surface area contributed by atoms with Crippen LogP contribution in [0.2, 0.25) is 0 Å². The summed E-state index contributed by atoms with van der Waals surface area (Å²) in [5.74, 6) is 0.952. The number of ether oxygens (including phenoxy) is 1. The molecular formula is C17H18N4O3S. The molecule has 0 spiro atoms. The van der Waals surface area contributed by atoms with E-state index in [0.717, 1.165) is 9.87 Å². The molecule has 0 N–H and O–H groups in total. The number of methoxy groups -OCH3 is 1. The summed E-state index contributed by atoms with van der Waals surface area (Å²) in [5.41, 5.74) is 1.03. The van der Waals surface area contributed by atoms with E-state index >= 15 is 0 Å². The van der Waals surface area contributed by atoms with Gasteiger partial charge in [0.2, 0.25) is 0 Å². The van der Waals surface area contributed by atoms with Gasteiger partial charge in [-0.2, -0.15) is 5.10 Å². The lowest BCUT2D eigenvalue weighted by molar-refractivity contribution is 0.414. The van der Waals surface area contributed by atoms with E-state index in [2.05, 4.69) is 10.1 Å². The molecule has 0 aliphatic carbocycles. The van der Waals surface area contributed by atoms with Gasteiger partial charge in [0.05, 0.1) is 18.6 Å². The van der Waals surface area contributed by atoms with Gasteiger partial charge >= 0.3 is 0 Å². The molecule has 0 bridgehead atoms. The first-order valence-corrected chi connectivity index (χ1v) is 9.00. The van der Waals surface area contributed by atoms with Crippen molar-refractivity contribution in [3.05, 3.63) is 66.6 Å². The first-order chi connectivity index (χ1) is 12.0. The van der Waals surface area contributed by atoms with Crippen LogP contribution in [0.4, 0.5) is 5.82 Å². The number of nitrogens with zero attached hydrogens (tertiary/aromatic N) is 4. The molecule has 25 heavy (non-hydrogen) atoms. The Kier molecular flexibility index (Phi) is 4.71. The molecule has 3 aromatic rings. The highest BCUT2D eigenvalue weighted by Gasteiger charge is 2.23. The fraction of sp³-hybridized carbons (Fsp3) is 0.176. The fourth-order valence-corrected chi connectivity index (χ4v) is 3.45. The van der Waals surface area contributed by atoms with Crippen LogP contribution >= 0.6 is 0 Å². The minimum absolute atomic E-state index is 0.180. The topological polar surface area (TPSA) is 77.3 Å². The lowest BCUT2D eigenvalue weighted by atomic mass is 10.3. The number of rotatable bonds is 6. The van der Waals surface area contributed by atoms with Gasteiger partial charge in [0, 0.05) is 31.7 Å². The van der Waals surface area contributed by atoms with E-state index in [1.165, 1.54) is 26.3 Å². The van der Waals surface area contributed by atoms with E-state index in [1.54, 1.807) is 41.5 Å². The summed E-state index contributed by atoms with van der Waals surface area (Å²) in [6, 6.07) is 11.7. The maximum atomic E-state index is 12.7. The molecule has 0 aliphatic heterocycles. The highest BCUT2D eigenvalue weighted by molar-refractivity contribution is 7.92. The molecule has 0 fully saturated rings. The van der Waals surface area contributed by atoms with Crippen molar-refractivity contribution in [3.8, 4) is 5.75 Å². The lowest BCUT2D eigenvalue weighted by Gasteiger charge is -2.17. The predicted molar refractivity (Wildman–Crippen MR) is 94.1 cm³/mol. The van der Waals surface area contributed by atoms with Gasteiger partial charge in [-0.15, -0.1) is 0 Å². The molecule has 2 heterocycles. The molecule has 7 nitrogen and oxygen atoms in total. The summed E-state index contributed by atoms with van der Waals surface area (Å²) in [5, 5.41) is 4.35. The highest BCUT2D eigenvalue weighted by atomic mass is 32.2. The first-order valence-electron chi connectivity index (χ1n) is 7.56. The zero-order valence-electron chi connectivity index (χ0n) is 13.9. The number of anilines is 1. The third kappa shape index (κ3) is 3.63. The molecule has 0 amide bonds. The summed E-state index contributed by atoms with van der Waals surface area (Å²) in [4.78, 5) is 4.15. The van der Waals surface area contributed by atoms with Crippen LogP contribution in [-0.4, -0.2) is 37.3 Å². The van der Waals surface area contributed by atoms with E-state index in [1.807, 2.05) is 12.1 Å². The fourth-order valence-electron chi connectivity index (χ4n) is 2.31. The number of hydrogen-bond donors (Lipinski definition) is 0. The van der Waals surface area contributed by atoms with Crippen LogP contribution in [0.1, 0.15) is 5.56 Å². The van der Waals surface area contributed by atoms with Crippen LogP contribution in [0, 0.1) is 0 Å². The second-order valence-corrected chi connectivity index (χ2v) is 7.34. The Morgan fingerprint density at radius 1 is 1.08 bits per heavy atom. The smallest absolute Gasteiger partial charge is 0.265 e. The van der Waals surface area contributed by atoms with Gasteiger partial charge < -0.3 is 4.74 Å². The van der Waals surface area contributed by atoms with E-state index in [0.29, 0.717) is 18.1 Å². The van der Waals surface area contributed by atoms with Gasteiger partial charge in [-0.05, 0) is 42.0 Å². The summed E-state index contributed by atoms with van der Waals surface area (Å²) >= 11 is 0. The number of benzene rings is 1. The van der Waals surface area contributed by atoms with Crippen molar-refractivity contribution in [2.24, 2.45) is 0 Å². The maximum absolute atomic E-state index is 12.7. The standard InChI is InChI=1S/C17H18N4O3S/c1-20(25(22,23)16-5-3-15(24-2)4-6-16)17-9-12-21(19-17)13-14-7-10-18-11-8-14/h3-12H,13H2,1-2H3. The molecule has 0 saturated heterocycles. The second-order valence-electron chi connectivity index (χ2n) is 5.38. The Morgan fingerprint density at radius 3 is 2.40 bits per heavy atom. The molecule has 0 radical (unpaired) electrons. The van der Waals surface area contributed by atoms with Gasteiger partial charge in [-0.3, -0.25) is 14.0 Å². The van der Waals surface area contributed by atoms with Crippen molar-refractivity contribution in [2.45, 2.75) is 11.4 Å². The monoisotopic (exact) mass is 358 g/mol. The van der Waals surface area contributed by atoms with E-state index in [4.69, 9.17) is 4.74 Å². The Hall–Kier alpha value is -2.87. The average molecular weight is 358 g/mol. The molecule has 3 rings (SSSR count). The Bertz CT molecular complexity index is 938. The summed E-state index contributed by atoms with van der Waals surface area (Å²) in [7, 11) is -0.667. The quantitative estimate of drug-likeness (QED) is 0.675. The van der Waals surface area contributed by atoms with Gasteiger partial charge in [-0.25, -0.2) is 8.42 Å². The van der Waals surface area contributed by atoms with E-state index in [-0.39, 0.29) is 4.90 Å². The number of aromatic nitrogens is 3. The Morgan fingerprint density at radius 2 is 1.76 bits per heavy atom. The van der Waals surface area contributed by atoms with Crippen molar-refractivity contribution in [1.82, 2.24) is 14.8 Å². The van der Waals surface area contributed by atoms with Gasteiger partial charge in [0.1, 0.15) is 5.75 Å². The zero-order chi connectivity index (χ0) is 17.9. The number of pyridine rings is 1. The minimum atomic E-state index is -3.68. The SMILES string of the molecule is COc1ccc(S(=O)(=O)N(C)c2ccn(Cc3ccncc3)n2)cc1. The van der Waals surface area contributed by atoms with Gasteiger partial charge in [0.25, 0.3) is 10.0 Å². The van der Waals surface area contributed by atoms with Crippen molar-refractivity contribution in [2.75, 3.05) is 18.5 Å². The third-order valence-corrected chi connectivity index (χ3v) is 5.54. The van der Waals surface area contributed by atoms with Crippen LogP contribution in [0.3, 0.4) is 0 Å². The second kappa shape index (κ2) is 6.94. The number of hydrogen-bond acceptors (Lipinski definition) is 5. The van der Waals surface area contributed by atoms with Crippen molar-refractivity contribution in [1.29, 1.82) is 0 Å². The molecule has 0 atom stereocenters. The van der Waals surface area contributed by atoms with E-state index < -0.39 is 10.0 Å². The Labute approximate surface area is 146 Å². The molecule has 0 unspecified atom stereocenters. The molecular weight excluding hydrogens is 340 g/mol. The van der Waals surface area contributed by atoms with Crippen LogP contribution in [0.15, 0.2) is 66.0 Å². The lowest BCUT2D eigenvalue weighted by Crippen LogP contribution is -2.27. The van der Waals surface area contributed by atoms with Crippen LogP contribution in [0.25, 0.3) is 0 Å². The molecule has 1 aromatic carbocycles.